The Labute approximate surface area is 107 Å². The summed E-state index contributed by atoms with van der Waals surface area (Å²) in [5.74, 6) is 0.0165. The first-order valence-corrected chi connectivity index (χ1v) is 6.11. The average Bonchev–Trinajstić information content (AvgIpc) is 2.64. The molecule has 2 nitrogen and oxygen atoms in total. The summed E-state index contributed by atoms with van der Waals surface area (Å²) in [6.45, 7) is 0. The molecule has 0 amide bonds. The van der Waals surface area contributed by atoms with Gasteiger partial charge in [-0.1, -0.05) is 23.2 Å². The molecule has 5 heteroatoms. The minimum Gasteiger partial charge on any atom is -0.294 e. The van der Waals surface area contributed by atoms with E-state index >= 15 is 0 Å². The molecule has 0 atom stereocenters. The zero-order chi connectivity index (χ0) is 11.5. The van der Waals surface area contributed by atoms with E-state index in [2.05, 4.69) is 4.98 Å². The van der Waals surface area contributed by atoms with Crippen LogP contribution in [0.1, 0.15) is 15.2 Å². The number of hydrogen-bond acceptors (Lipinski definition) is 3. The van der Waals surface area contributed by atoms with E-state index < -0.39 is 0 Å². The quantitative estimate of drug-likeness (QED) is 0.627. The van der Waals surface area contributed by atoms with Crippen LogP contribution in [0, 0.1) is 0 Å². The third-order valence-electron chi connectivity index (χ3n) is 2.01. The number of pyridine rings is 1. The lowest BCUT2D eigenvalue weighted by Gasteiger charge is -1.98. The molecule has 2 aromatic heterocycles. The molecule has 0 saturated carbocycles. The number of thiophene rings is 1. The van der Waals surface area contributed by atoms with Crippen LogP contribution in [0.2, 0.25) is 9.49 Å². The number of hydrogen-bond donors (Lipinski definition) is 0. The molecule has 0 aromatic carbocycles. The molecule has 0 saturated heterocycles. The second-order valence-corrected chi connectivity index (χ2v) is 5.36. The molecule has 16 heavy (non-hydrogen) atoms. The molecule has 0 unspecified atom stereocenters. The van der Waals surface area contributed by atoms with Gasteiger partial charge in [-0.2, -0.15) is 0 Å². The van der Waals surface area contributed by atoms with Gasteiger partial charge in [0.1, 0.15) is 5.15 Å². The van der Waals surface area contributed by atoms with Crippen molar-refractivity contribution in [3.63, 3.8) is 0 Å². The number of halogens is 2. The predicted octanol–water partition coefficient (Wildman–Crippen LogP) is 3.88. The molecule has 2 aromatic rings. The second kappa shape index (κ2) is 4.95. The van der Waals surface area contributed by atoms with E-state index in [-0.39, 0.29) is 5.78 Å². The van der Waals surface area contributed by atoms with E-state index in [1.54, 1.807) is 18.2 Å². The maximum Gasteiger partial charge on any atom is 0.168 e. The van der Waals surface area contributed by atoms with Gasteiger partial charge in [-0.15, -0.1) is 11.3 Å². The topological polar surface area (TPSA) is 30.0 Å². The predicted molar refractivity (Wildman–Crippen MR) is 66.6 cm³/mol. The van der Waals surface area contributed by atoms with Crippen LogP contribution < -0.4 is 0 Å². The normalized spacial score (nSPS) is 10.4. The van der Waals surface area contributed by atoms with E-state index in [4.69, 9.17) is 23.2 Å². The fourth-order valence-electron chi connectivity index (χ4n) is 1.28. The standard InChI is InChI=1S/C11H7Cl2NOS/c12-10-5-7(3-4-14-10)9(15)6-8-1-2-11(13)16-8/h1-5H,6H2. The van der Waals surface area contributed by atoms with Crippen molar-refractivity contribution in [2.75, 3.05) is 0 Å². The lowest BCUT2D eigenvalue weighted by Crippen LogP contribution is -2.02. The van der Waals surface area contributed by atoms with Gasteiger partial charge in [-0.3, -0.25) is 4.79 Å². The highest BCUT2D eigenvalue weighted by Gasteiger charge is 2.09. The van der Waals surface area contributed by atoms with Gasteiger partial charge in [0.05, 0.1) is 4.34 Å². The number of Topliss-reactive ketones (excluding diaryl/α,β-unsaturated/α-hetero) is 1. The summed E-state index contributed by atoms with van der Waals surface area (Å²) in [6.07, 6.45) is 1.87. The molecule has 82 valence electrons. The number of nitrogens with zero attached hydrogens (tertiary/aromatic N) is 1. The summed E-state index contributed by atoms with van der Waals surface area (Å²) in [5.41, 5.74) is 0.574. The highest BCUT2D eigenvalue weighted by molar-refractivity contribution is 7.16. The summed E-state index contributed by atoms with van der Waals surface area (Å²) < 4.78 is 0.690. The number of rotatable bonds is 3. The van der Waals surface area contributed by atoms with Crippen LogP contribution in [0.5, 0.6) is 0 Å². The monoisotopic (exact) mass is 271 g/mol. The van der Waals surface area contributed by atoms with Gasteiger partial charge in [0.15, 0.2) is 5.78 Å². The van der Waals surface area contributed by atoms with Gasteiger partial charge in [0.2, 0.25) is 0 Å². The first kappa shape index (κ1) is 11.6. The van der Waals surface area contributed by atoms with E-state index in [0.717, 1.165) is 4.88 Å². The van der Waals surface area contributed by atoms with Crippen molar-refractivity contribution in [2.45, 2.75) is 6.42 Å². The Bertz CT molecular complexity index is 524. The zero-order valence-electron chi connectivity index (χ0n) is 8.11. The summed E-state index contributed by atoms with van der Waals surface area (Å²) in [4.78, 5) is 16.6. The van der Waals surface area contributed by atoms with Gasteiger partial charge in [-0.25, -0.2) is 4.98 Å². The Hall–Kier alpha value is -0.900. The van der Waals surface area contributed by atoms with Crippen LogP contribution in [0.4, 0.5) is 0 Å². The third-order valence-corrected chi connectivity index (χ3v) is 3.45. The summed E-state index contributed by atoms with van der Waals surface area (Å²) in [6, 6.07) is 6.87. The molecule has 0 N–H and O–H groups in total. The van der Waals surface area contributed by atoms with Crippen molar-refractivity contribution < 1.29 is 4.79 Å². The van der Waals surface area contributed by atoms with Gasteiger partial charge >= 0.3 is 0 Å². The van der Waals surface area contributed by atoms with Crippen LogP contribution in [-0.4, -0.2) is 10.8 Å². The number of carbonyl (C=O) groups is 1. The van der Waals surface area contributed by atoms with Gasteiger partial charge < -0.3 is 0 Å². The van der Waals surface area contributed by atoms with Gasteiger partial charge in [0.25, 0.3) is 0 Å². The Kier molecular flexibility index (Phi) is 3.59. The Morgan fingerprint density at radius 3 is 2.75 bits per heavy atom. The lowest BCUT2D eigenvalue weighted by atomic mass is 10.1. The molecule has 0 aliphatic heterocycles. The van der Waals surface area contributed by atoms with E-state index in [1.165, 1.54) is 17.5 Å². The fraction of sp³-hybridized carbons (Fsp3) is 0.0909. The fourth-order valence-corrected chi connectivity index (χ4v) is 2.54. The van der Waals surface area contributed by atoms with Crippen molar-refractivity contribution in [3.05, 3.63) is 50.4 Å². The number of carbonyl (C=O) groups excluding carboxylic acids is 1. The van der Waals surface area contributed by atoms with Crippen molar-refractivity contribution in [1.29, 1.82) is 0 Å². The van der Waals surface area contributed by atoms with Crippen molar-refractivity contribution in [1.82, 2.24) is 4.98 Å². The molecule has 2 heterocycles. The Balaban J connectivity index is 2.14. The van der Waals surface area contributed by atoms with Crippen LogP contribution in [0.15, 0.2) is 30.5 Å². The van der Waals surface area contributed by atoms with Gasteiger partial charge in [0, 0.05) is 23.1 Å². The molecule has 0 spiro atoms. The minimum absolute atomic E-state index is 0.0165. The molecule has 0 aliphatic rings. The molecule has 0 radical (unpaired) electrons. The Morgan fingerprint density at radius 1 is 1.31 bits per heavy atom. The van der Waals surface area contributed by atoms with E-state index in [9.17, 15) is 4.79 Å². The zero-order valence-corrected chi connectivity index (χ0v) is 10.4. The molecule has 0 aliphatic carbocycles. The summed E-state index contributed by atoms with van der Waals surface area (Å²) >= 11 is 12.9. The number of aromatic nitrogens is 1. The third kappa shape index (κ3) is 2.82. The SMILES string of the molecule is O=C(Cc1ccc(Cl)s1)c1ccnc(Cl)c1. The lowest BCUT2D eigenvalue weighted by molar-refractivity contribution is 0.0993. The smallest absolute Gasteiger partial charge is 0.168 e. The highest BCUT2D eigenvalue weighted by atomic mass is 35.5. The summed E-state index contributed by atoms with van der Waals surface area (Å²) in [5, 5.41) is 0.329. The molecule has 2 rings (SSSR count). The van der Waals surface area contributed by atoms with E-state index in [1.807, 2.05) is 6.07 Å². The van der Waals surface area contributed by atoms with Crippen molar-refractivity contribution in [3.8, 4) is 0 Å². The molecule has 0 fully saturated rings. The second-order valence-electron chi connectivity index (χ2n) is 3.17. The first-order chi connectivity index (χ1) is 7.65. The van der Waals surface area contributed by atoms with Crippen LogP contribution >= 0.6 is 34.5 Å². The molecular formula is C11H7Cl2NOS. The minimum atomic E-state index is 0.0165. The largest absolute Gasteiger partial charge is 0.294 e. The maximum atomic E-state index is 11.9. The van der Waals surface area contributed by atoms with E-state index in [0.29, 0.717) is 21.5 Å². The van der Waals surface area contributed by atoms with Crippen molar-refractivity contribution >= 4 is 40.3 Å². The van der Waals surface area contributed by atoms with Crippen LogP contribution in [-0.2, 0) is 6.42 Å². The maximum absolute atomic E-state index is 11.9. The number of ketones is 1. The van der Waals surface area contributed by atoms with Gasteiger partial charge in [-0.05, 0) is 24.3 Å². The molecule has 0 bridgehead atoms. The van der Waals surface area contributed by atoms with Crippen LogP contribution in [0.3, 0.4) is 0 Å². The Morgan fingerprint density at radius 2 is 2.12 bits per heavy atom. The van der Waals surface area contributed by atoms with Crippen molar-refractivity contribution in [2.24, 2.45) is 0 Å². The highest BCUT2D eigenvalue weighted by Crippen LogP contribution is 2.23. The average molecular weight is 272 g/mol. The first-order valence-electron chi connectivity index (χ1n) is 4.54. The summed E-state index contributed by atoms with van der Waals surface area (Å²) in [7, 11) is 0. The van der Waals surface area contributed by atoms with Crippen LogP contribution in [0.25, 0.3) is 0 Å². The molecular weight excluding hydrogens is 265 g/mol.